The maximum atomic E-state index is 12.2. The van der Waals surface area contributed by atoms with Crippen molar-refractivity contribution in [3.05, 3.63) is 24.3 Å². The van der Waals surface area contributed by atoms with Crippen LogP contribution in [-0.4, -0.2) is 62.1 Å². The van der Waals surface area contributed by atoms with Crippen LogP contribution in [0.15, 0.2) is 24.3 Å². The van der Waals surface area contributed by atoms with Gasteiger partial charge >= 0.3 is 0 Å². The summed E-state index contributed by atoms with van der Waals surface area (Å²) in [7, 11) is 1.62. The molecule has 0 aromatic heterocycles. The van der Waals surface area contributed by atoms with Crippen molar-refractivity contribution in [2.45, 2.75) is 13.8 Å². The van der Waals surface area contributed by atoms with Gasteiger partial charge in [-0.15, -0.1) is 0 Å². The number of piperazine rings is 1. The molecule has 0 unspecified atom stereocenters. The van der Waals surface area contributed by atoms with Crippen molar-refractivity contribution < 1.29 is 14.3 Å². The molecule has 0 N–H and O–H groups in total. The van der Waals surface area contributed by atoms with Gasteiger partial charge in [0.1, 0.15) is 11.5 Å². The molecule has 1 aliphatic rings. The van der Waals surface area contributed by atoms with Gasteiger partial charge in [0.05, 0.1) is 7.11 Å². The largest absolute Gasteiger partial charge is 0.497 e. The van der Waals surface area contributed by atoms with Gasteiger partial charge in [0.25, 0.3) is 5.91 Å². The standard InChI is InChI=1S/C17H26N2O3/c1-14(2)12-18-8-10-19(11-9-18)17(20)13-22-16-6-4-15(21-3)5-7-16/h4-7,14H,8-13H2,1-3H3. The van der Waals surface area contributed by atoms with Gasteiger partial charge in [-0.25, -0.2) is 0 Å². The third kappa shape index (κ3) is 4.91. The van der Waals surface area contributed by atoms with E-state index in [1.54, 1.807) is 7.11 Å². The van der Waals surface area contributed by atoms with Gasteiger partial charge in [-0.1, -0.05) is 13.8 Å². The van der Waals surface area contributed by atoms with E-state index < -0.39 is 0 Å². The Bertz CT molecular complexity index is 465. The van der Waals surface area contributed by atoms with E-state index in [1.165, 1.54) is 0 Å². The molecule has 0 atom stereocenters. The number of nitrogens with zero attached hydrogens (tertiary/aromatic N) is 2. The number of rotatable bonds is 6. The van der Waals surface area contributed by atoms with Crippen molar-refractivity contribution in [2.75, 3.05) is 46.4 Å². The molecule has 122 valence electrons. The SMILES string of the molecule is COc1ccc(OCC(=O)N2CCN(CC(C)C)CC2)cc1. The number of hydrogen-bond acceptors (Lipinski definition) is 4. The number of carbonyl (C=O) groups is 1. The number of amides is 1. The molecule has 0 spiro atoms. The van der Waals surface area contributed by atoms with Crippen LogP contribution in [0.4, 0.5) is 0 Å². The maximum absolute atomic E-state index is 12.2. The summed E-state index contributed by atoms with van der Waals surface area (Å²) in [5.74, 6) is 2.19. The third-order valence-electron chi connectivity index (χ3n) is 3.77. The molecular formula is C17H26N2O3. The highest BCUT2D eigenvalue weighted by Crippen LogP contribution is 2.17. The van der Waals surface area contributed by atoms with Crippen molar-refractivity contribution in [2.24, 2.45) is 5.92 Å². The van der Waals surface area contributed by atoms with Crippen LogP contribution < -0.4 is 9.47 Å². The summed E-state index contributed by atoms with van der Waals surface area (Å²) in [6.07, 6.45) is 0. The molecule has 0 radical (unpaired) electrons. The molecule has 1 aliphatic heterocycles. The molecule has 0 bridgehead atoms. The molecule has 1 heterocycles. The Balaban J connectivity index is 1.73. The second-order valence-electron chi connectivity index (χ2n) is 6.04. The van der Waals surface area contributed by atoms with Crippen LogP contribution >= 0.6 is 0 Å². The first-order chi connectivity index (χ1) is 10.6. The summed E-state index contributed by atoms with van der Waals surface area (Å²) in [6, 6.07) is 7.27. The van der Waals surface area contributed by atoms with E-state index >= 15 is 0 Å². The minimum absolute atomic E-state index is 0.0556. The van der Waals surface area contributed by atoms with Crippen LogP contribution in [0.3, 0.4) is 0 Å². The Morgan fingerprint density at radius 2 is 1.68 bits per heavy atom. The Morgan fingerprint density at radius 1 is 1.09 bits per heavy atom. The molecule has 2 rings (SSSR count). The zero-order valence-corrected chi connectivity index (χ0v) is 13.7. The molecule has 1 saturated heterocycles. The summed E-state index contributed by atoms with van der Waals surface area (Å²) in [6.45, 7) is 9.12. The first-order valence-electron chi connectivity index (χ1n) is 7.85. The van der Waals surface area contributed by atoms with Gasteiger partial charge in [0.15, 0.2) is 6.61 Å². The fraction of sp³-hybridized carbons (Fsp3) is 0.588. The van der Waals surface area contributed by atoms with E-state index in [9.17, 15) is 4.79 Å². The molecule has 0 saturated carbocycles. The fourth-order valence-electron chi connectivity index (χ4n) is 2.60. The van der Waals surface area contributed by atoms with Crippen molar-refractivity contribution in [3.63, 3.8) is 0 Å². The average Bonchev–Trinajstić information content (AvgIpc) is 2.53. The lowest BCUT2D eigenvalue weighted by molar-refractivity contribution is -0.135. The highest BCUT2D eigenvalue weighted by molar-refractivity contribution is 5.77. The van der Waals surface area contributed by atoms with Gasteiger partial charge in [0.2, 0.25) is 0 Å². The lowest BCUT2D eigenvalue weighted by Gasteiger charge is -2.35. The molecule has 22 heavy (non-hydrogen) atoms. The lowest BCUT2D eigenvalue weighted by Crippen LogP contribution is -2.50. The molecule has 1 fully saturated rings. The molecule has 5 heteroatoms. The van der Waals surface area contributed by atoms with Crippen LogP contribution in [0.1, 0.15) is 13.8 Å². The summed E-state index contributed by atoms with van der Waals surface area (Å²) < 4.78 is 10.6. The van der Waals surface area contributed by atoms with Crippen LogP contribution in [0.2, 0.25) is 0 Å². The zero-order valence-electron chi connectivity index (χ0n) is 13.7. The van der Waals surface area contributed by atoms with E-state index in [1.807, 2.05) is 29.2 Å². The first kappa shape index (κ1) is 16.6. The van der Waals surface area contributed by atoms with Gasteiger partial charge in [-0.3, -0.25) is 9.69 Å². The number of methoxy groups -OCH3 is 1. The van der Waals surface area contributed by atoms with Crippen LogP contribution in [0, 0.1) is 5.92 Å². The summed E-state index contributed by atoms with van der Waals surface area (Å²) >= 11 is 0. The number of carbonyl (C=O) groups excluding carboxylic acids is 1. The summed E-state index contributed by atoms with van der Waals surface area (Å²) in [5, 5.41) is 0. The highest BCUT2D eigenvalue weighted by atomic mass is 16.5. The molecule has 1 aromatic rings. The Labute approximate surface area is 132 Å². The predicted molar refractivity (Wildman–Crippen MR) is 86.3 cm³/mol. The van der Waals surface area contributed by atoms with Gasteiger partial charge in [-0.2, -0.15) is 0 Å². The lowest BCUT2D eigenvalue weighted by atomic mass is 10.2. The molecule has 1 aromatic carbocycles. The van der Waals surface area contributed by atoms with Crippen molar-refractivity contribution in [1.29, 1.82) is 0 Å². The molecule has 5 nitrogen and oxygen atoms in total. The normalized spacial score (nSPS) is 15.9. The van der Waals surface area contributed by atoms with Crippen molar-refractivity contribution >= 4 is 5.91 Å². The predicted octanol–water partition coefficient (Wildman–Crippen LogP) is 1.87. The van der Waals surface area contributed by atoms with Crippen LogP contribution in [0.25, 0.3) is 0 Å². The van der Waals surface area contributed by atoms with Crippen LogP contribution in [-0.2, 0) is 4.79 Å². The van der Waals surface area contributed by atoms with E-state index in [0.717, 1.165) is 38.5 Å². The topological polar surface area (TPSA) is 42.0 Å². The first-order valence-corrected chi connectivity index (χ1v) is 7.85. The summed E-state index contributed by atoms with van der Waals surface area (Å²) in [4.78, 5) is 16.5. The van der Waals surface area contributed by atoms with E-state index in [4.69, 9.17) is 9.47 Å². The highest BCUT2D eigenvalue weighted by Gasteiger charge is 2.21. The van der Waals surface area contributed by atoms with E-state index in [2.05, 4.69) is 18.7 Å². The number of hydrogen-bond donors (Lipinski definition) is 0. The Kier molecular flexibility index (Phi) is 6.07. The quantitative estimate of drug-likeness (QED) is 0.805. The van der Waals surface area contributed by atoms with E-state index in [-0.39, 0.29) is 12.5 Å². The minimum Gasteiger partial charge on any atom is -0.497 e. The average molecular weight is 306 g/mol. The minimum atomic E-state index is 0.0556. The van der Waals surface area contributed by atoms with Gasteiger partial charge < -0.3 is 14.4 Å². The number of benzene rings is 1. The Morgan fingerprint density at radius 3 is 2.23 bits per heavy atom. The van der Waals surface area contributed by atoms with Crippen LogP contribution in [0.5, 0.6) is 11.5 Å². The van der Waals surface area contributed by atoms with Crippen molar-refractivity contribution in [3.8, 4) is 11.5 Å². The Hall–Kier alpha value is -1.75. The van der Waals surface area contributed by atoms with Gasteiger partial charge in [-0.05, 0) is 30.2 Å². The third-order valence-corrected chi connectivity index (χ3v) is 3.77. The molecule has 0 aliphatic carbocycles. The maximum Gasteiger partial charge on any atom is 0.260 e. The smallest absolute Gasteiger partial charge is 0.260 e. The van der Waals surface area contributed by atoms with E-state index in [0.29, 0.717) is 11.7 Å². The second kappa shape index (κ2) is 8.03. The summed E-state index contributed by atoms with van der Waals surface area (Å²) in [5.41, 5.74) is 0. The monoisotopic (exact) mass is 306 g/mol. The van der Waals surface area contributed by atoms with Crippen molar-refractivity contribution in [1.82, 2.24) is 9.80 Å². The van der Waals surface area contributed by atoms with Gasteiger partial charge in [0, 0.05) is 32.7 Å². The molecule has 1 amide bonds. The fourth-order valence-corrected chi connectivity index (χ4v) is 2.60. The second-order valence-corrected chi connectivity index (χ2v) is 6.04. The number of ether oxygens (including phenoxy) is 2. The molecular weight excluding hydrogens is 280 g/mol. The zero-order chi connectivity index (χ0) is 15.9.